The molecule has 100 valence electrons. The number of methoxy groups -OCH3 is 1. The summed E-state index contributed by atoms with van der Waals surface area (Å²) in [6, 6.07) is 6.15. The first-order valence-corrected chi connectivity index (χ1v) is 6.94. The first-order chi connectivity index (χ1) is 8.95. The maximum absolute atomic E-state index is 11.7. The van der Waals surface area contributed by atoms with Crippen LogP contribution >= 0.6 is 22.6 Å². The number of halogens is 1. The lowest BCUT2D eigenvalue weighted by atomic mass is 10.1. The van der Waals surface area contributed by atoms with Gasteiger partial charge in [0, 0.05) is 0 Å². The number of aromatic nitrogens is 2. The number of ether oxygens (including phenoxy) is 1. The van der Waals surface area contributed by atoms with E-state index in [-0.39, 0.29) is 0 Å². The molecule has 0 aliphatic rings. The summed E-state index contributed by atoms with van der Waals surface area (Å²) in [5, 5.41) is 4.38. The number of hydrogen-bond donors (Lipinski definition) is 0. The Morgan fingerprint density at radius 2 is 2.00 bits per heavy atom. The lowest BCUT2D eigenvalue weighted by Gasteiger charge is -2.08. The Bertz CT molecular complexity index is 647. The third-order valence-corrected chi connectivity index (χ3v) is 4.29. The quantitative estimate of drug-likeness (QED) is 0.603. The molecule has 0 bridgehead atoms. The van der Waals surface area contributed by atoms with Crippen molar-refractivity contribution in [1.82, 2.24) is 9.78 Å². The molecule has 0 fully saturated rings. The maximum Gasteiger partial charge on any atom is 0.359 e. The predicted molar refractivity (Wildman–Crippen MR) is 81.8 cm³/mol. The van der Waals surface area contributed by atoms with Crippen molar-refractivity contribution in [2.24, 2.45) is 0 Å². The van der Waals surface area contributed by atoms with Gasteiger partial charge >= 0.3 is 5.97 Å². The van der Waals surface area contributed by atoms with Crippen LogP contribution in [-0.4, -0.2) is 22.9 Å². The largest absolute Gasteiger partial charge is 0.464 e. The third kappa shape index (κ3) is 2.51. The zero-order valence-electron chi connectivity index (χ0n) is 11.3. The van der Waals surface area contributed by atoms with Crippen LogP contribution < -0.4 is 0 Å². The second-order valence-corrected chi connectivity index (χ2v) is 5.52. The molecule has 1 aromatic heterocycles. The molecule has 0 atom stereocenters. The van der Waals surface area contributed by atoms with Crippen LogP contribution in [0.2, 0.25) is 0 Å². The molecular weight excluding hydrogens is 355 g/mol. The van der Waals surface area contributed by atoms with E-state index < -0.39 is 5.97 Å². The van der Waals surface area contributed by atoms with Crippen molar-refractivity contribution in [3.05, 3.63) is 44.3 Å². The molecule has 0 aliphatic heterocycles. The number of hydrogen-bond acceptors (Lipinski definition) is 3. The highest BCUT2D eigenvalue weighted by atomic mass is 127. The maximum atomic E-state index is 11.7. The second-order valence-electron chi connectivity index (χ2n) is 4.44. The molecular formula is C14H15IN2O2. The van der Waals surface area contributed by atoms with Crippen molar-refractivity contribution in [2.45, 2.75) is 20.8 Å². The van der Waals surface area contributed by atoms with E-state index in [1.165, 1.54) is 12.7 Å². The lowest BCUT2D eigenvalue weighted by molar-refractivity contribution is 0.0592. The van der Waals surface area contributed by atoms with Gasteiger partial charge in [-0.05, 0) is 55.0 Å². The molecule has 2 rings (SSSR count). The van der Waals surface area contributed by atoms with Crippen LogP contribution in [-0.2, 0) is 4.74 Å². The molecule has 19 heavy (non-hydrogen) atoms. The Hall–Kier alpha value is -1.37. The van der Waals surface area contributed by atoms with Gasteiger partial charge in [-0.3, -0.25) is 0 Å². The molecule has 2 aromatic rings. The summed E-state index contributed by atoms with van der Waals surface area (Å²) in [6.45, 7) is 6.03. The zero-order valence-corrected chi connectivity index (χ0v) is 13.5. The van der Waals surface area contributed by atoms with Gasteiger partial charge in [0.25, 0.3) is 0 Å². The highest BCUT2D eigenvalue weighted by molar-refractivity contribution is 14.1. The Morgan fingerprint density at radius 1 is 1.32 bits per heavy atom. The van der Waals surface area contributed by atoms with Crippen LogP contribution in [0, 0.1) is 24.3 Å². The van der Waals surface area contributed by atoms with Gasteiger partial charge in [0.1, 0.15) is 0 Å². The average Bonchev–Trinajstić information content (AvgIpc) is 2.66. The van der Waals surface area contributed by atoms with Gasteiger partial charge in [-0.2, -0.15) is 5.10 Å². The van der Waals surface area contributed by atoms with Crippen LogP contribution in [0.4, 0.5) is 0 Å². The number of carbonyl (C=O) groups excluding carboxylic acids is 1. The van der Waals surface area contributed by atoms with Crippen molar-refractivity contribution in [2.75, 3.05) is 7.11 Å². The molecule has 0 spiro atoms. The number of aryl methyl sites for hydroxylation is 2. The summed E-state index contributed by atoms with van der Waals surface area (Å²) >= 11 is 2.13. The minimum Gasteiger partial charge on any atom is -0.464 e. The lowest BCUT2D eigenvalue weighted by Crippen LogP contribution is -2.06. The van der Waals surface area contributed by atoms with E-state index >= 15 is 0 Å². The Morgan fingerprint density at radius 3 is 2.58 bits per heavy atom. The van der Waals surface area contributed by atoms with Crippen molar-refractivity contribution in [3.63, 3.8) is 0 Å². The minimum absolute atomic E-state index is 0.362. The fourth-order valence-corrected chi connectivity index (χ4v) is 2.54. The van der Waals surface area contributed by atoms with Crippen LogP contribution in [0.15, 0.2) is 18.2 Å². The molecule has 5 heteroatoms. The normalized spacial score (nSPS) is 10.6. The van der Waals surface area contributed by atoms with E-state index in [0.29, 0.717) is 5.69 Å². The minimum atomic E-state index is -0.406. The number of carbonyl (C=O) groups is 1. The third-order valence-electron chi connectivity index (χ3n) is 3.00. The number of esters is 1. The topological polar surface area (TPSA) is 44.1 Å². The van der Waals surface area contributed by atoms with Gasteiger partial charge in [-0.25, -0.2) is 9.48 Å². The van der Waals surface area contributed by atoms with Crippen molar-refractivity contribution >= 4 is 28.6 Å². The van der Waals surface area contributed by atoms with Crippen LogP contribution in [0.3, 0.4) is 0 Å². The van der Waals surface area contributed by atoms with Gasteiger partial charge in [0.05, 0.1) is 22.1 Å². The predicted octanol–water partition coefficient (Wildman–Crippen LogP) is 3.19. The smallest absolute Gasteiger partial charge is 0.359 e. The van der Waals surface area contributed by atoms with Crippen LogP contribution in [0.25, 0.3) is 5.69 Å². The number of nitrogens with zero attached hydrogens (tertiary/aromatic N) is 2. The molecule has 0 radical (unpaired) electrons. The number of benzene rings is 1. The molecule has 0 amide bonds. The van der Waals surface area contributed by atoms with Crippen molar-refractivity contribution < 1.29 is 9.53 Å². The van der Waals surface area contributed by atoms with E-state index in [1.54, 1.807) is 4.68 Å². The molecule has 1 heterocycles. The average molecular weight is 370 g/mol. The first kappa shape index (κ1) is 14.0. The monoisotopic (exact) mass is 370 g/mol. The molecule has 1 aromatic carbocycles. The Labute approximate surface area is 125 Å². The molecule has 0 saturated heterocycles. The second kappa shape index (κ2) is 5.32. The molecule has 0 unspecified atom stereocenters. The summed E-state index contributed by atoms with van der Waals surface area (Å²) in [5.41, 5.74) is 4.61. The highest BCUT2D eigenvalue weighted by Crippen LogP contribution is 2.23. The summed E-state index contributed by atoms with van der Waals surface area (Å²) < 4.78 is 7.37. The van der Waals surface area contributed by atoms with Crippen LogP contribution in [0.1, 0.15) is 27.3 Å². The number of rotatable bonds is 2. The van der Waals surface area contributed by atoms with Gasteiger partial charge in [-0.15, -0.1) is 0 Å². The Balaban J connectivity index is 2.60. The summed E-state index contributed by atoms with van der Waals surface area (Å²) in [6.07, 6.45) is 0. The van der Waals surface area contributed by atoms with E-state index in [9.17, 15) is 4.79 Å². The van der Waals surface area contributed by atoms with Crippen molar-refractivity contribution in [1.29, 1.82) is 0 Å². The fraction of sp³-hybridized carbons (Fsp3) is 0.286. The van der Waals surface area contributed by atoms with Crippen LogP contribution in [0.5, 0.6) is 0 Å². The molecule has 0 N–H and O–H groups in total. The van der Waals surface area contributed by atoms with Gasteiger partial charge < -0.3 is 4.74 Å². The van der Waals surface area contributed by atoms with E-state index in [0.717, 1.165) is 20.5 Å². The van der Waals surface area contributed by atoms with Crippen molar-refractivity contribution in [3.8, 4) is 5.69 Å². The fourth-order valence-electron chi connectivity index (χ4n) is 1.99. The summed E-state index contributed by atoms with van der Waals surface area (Å²) in [7, 11) is 1.36. The van der Waals surface area contributed by atoms with Gasteiger partial charge in [0.15, 0.2) is 5.69 Å². The van der Waals surface area contributed by atoms with Gasteiger partial charge in [-0.1, -0.05) is 17.7 Å². The SMILES string of the molecule is COC(=O)c1nn(-c2ccc(C)cc2C)c(C)c1I. The zero-order chi connectivity index (χ0) is 14.2. The highest BCUT2D eigenvalue weighted by Gasteiger charge is 2.20. The van der Waals surface area contributed by atoms with E-state index in [1.807, 2.05) is 26.0 Å². The molecule has 0 saturated carbocycles. The van der Waals surface area contributed by atoms with Gasteiger partial charge in [0.2, 0.25) is 0 Å². The van der Waals surface area contributed by atoms with E-state index in [2.05, 4.69) is 40.7 Å². The Kier molecular flexibility index (Phi) is 3.93. The van der Waals surface area contributed by atoms with E-state index in [4.69, 9.17) is 4.74 Å². The molecule has 0 aliphatic carbocycles. The standard InChI is InChI=1S/C14H15IN2O2/c1-8-5-6-11(9(2)7-8)17-10(3)12(15)13(16-17)14(18)19-4/h5-7H,1-4H3. The summed E-state index contributed by atoms with van der Waals surface area (Å²) in [5.74, 6) is -0.406. The summed E-state index contributed by atoms with van der Waals surface area (Å²) in [4.78, 5) is 11.7. The molecule has 4 nitrogen and oxygen atoms in total. The first-order valence-electron chi connectivity index (χ1n) is 5.86.